The Bertz CT molecular complexity index is 1110. The van der Waals surface area contributed by atoms with Crippen LogP contribution in [0.5, 0.6) is 0 Å². The molecule has 0 aliphatic rings. The molecule has 5 nitrogen and oxygen atoms in total. The zero-order valence-electron chi connectivity index (χ0n) is 14.4. The highest BCUT2D eigenvalue weighted by atomic mass is 35.5. The van der Waals surface area contributed by atoms with Gasteiger partial charge in [0.05, 0.1) is 16.3 Å². The summed E-state index contributed by atoms with van der Waals surface area (Å²) in [6.45, 7) is 6.13. The van der Waals surface area contributed by atoms with E-state index in [0.717, 1.165) is 26.6 Å². The minimum absolute atomic E-state index is 0.428. The molecule has 0 saturated carbocycles. The third kappa shape index (κ3) is 3.22. The molecule has 4 rings (SSSR count). The Balaban J connectivity index is 1.61. The molecule has 4 aromatic rings. The van der Waals surface area contributed by atoms with E-state index in [0.29, 0.717) is 22.6 Å². The first-order chi connectivity index (χ1) is 12.5. The first-order valence-electron chi connectivity index (χ1n) is 7.97. The van der Waals surface area contributed by atoms with E-state index in [4.69, 9.17) is 16.0 Å². The van der Waals surface area contributed by atoms with Crippen LogP contribution < -0.4 is 0 Å². The Morgan fingerprint density at radius 3 is 2.73 bits per heavy atom. The number of rotatable bonds is 4. The summed E-state index contributed by atoms with van der Waals surface area (Å²) < 4.78 is 5.78. The van der Waals surface area contributed by atoms with Crippen molar-refractivity contribution in [3.8, 4) is 11.5 Å². The lowest BCUT2D eigenvalue weighted by molar-refractivity contribution is 0.528. The molecule has 0 saturated heterocycles. The van der Waals surface area contributed by atoms with Gasteiger partial charge in [0, 0.05) is 10.3 Å². The van der Waals surface area contributed by atoms with Gasteiger partial charge in [-0.2, -0.15) is 0 Å². The highest BCUT2D eigenvalue weighted by Gasteiger charge is 2.16. The number of aryl methyl sites for hydroxylation is 3. The molecular weight excluding hydrogens is 388 g/mol. The third-order valence-corrected chi connectivity index (χ3v) is 6.40. The van der Waals surface area contributed by atoms with Gasteiger partial charge in [0.25, 0.3) is 0 Å². The third-order valence-electron chi connectivity index (χ3n) is 4.01. The van der Waals surface area contributed by atoms with Gasteiger partial charge >= 0.3 is 0 Å². The number of benzene rings is 1. The van der Waals surface area contributed by atoms with Crippen LogP contribution in [0.25, 0.3) is 21.7 Å². The fourth-order valence-electron chi connectivity index (χ4n) is 2.60. The second-order valence-corrected chi connectivity index (χ2v) is 8.38. The first kappa shape index (κ1) is 17.5. The average molecular weight is 403 g/mol. The number of hydrogen-bond donors (Lipinski definition) is 0. The largest absolute Gasteiger partial charge is 0.420 e. The van der Waals surface area contributed by atoms with E-state index in [2.05, 4.69) is 34.0 Å². The van der Waals surface area contributed by atoms with Gasteiger partial charge in [-0.1, -0.05) is 35.5 Å². The molecular formula is C18H15ClN4OS2. The topological polar surface area (TPSA) is 64.7 Å². The lowest BCUT2D eigenvalue weighted by Gasteiger charge is -2.03. The van der Waals surface area contributed by atoms with Crippen LogP contribution in [-0.4, -0.2) is 20.2 Å². The number of hydrogen-bond acceptors (Lipinski definition) is 7. The zero-order chi connectivity index (χ0) is 18.3. The molecule has 8 heteroatoms. The van der Waals surface area contributed by atoms with Gasteiger partial charge in [-0.25, -0.2) is 9.97 Å². The number of thioether (sulfide) groups is 1. The van der Waals surface area contributed by atoms with E-state index in [1.807, 2.05) is 25.1 Å². The Morgan fingerprint density at radius 2 is 1.92 bits per heavy atom. The van der Waals surface area contributed by atoms with E-state index in [1.165, 1.54) is 10.4 Å². The van der Waals surface area contributed by atoms with Crippen molar-refractivity contribution in [3.63, 3.8) is 0 Å². The van der Waals surface area contributed by atoms with Crippen molar-refractivity contribution >= 4 is 44.9 Å². The molecule has 0 aliphatic heterocycles. The fourth-order valence-corrected chi connectivity index (χ4v) is 4.93. The molecule has 3 aromatic heterocycles. The molecule has 1 aromatic carbocycles. The number of thiophene rings is 1. The molecule has 0 aliphatic carbocycles. The monoisotopic (exact) mass is 402 g/mol. The molecule has 0 N–H and O–H groups in total. The summed E-state index contributed by atoms with van der Waals surface area (Å²) >= 11 is 9.48. The minimum atomic E-state index is 0.428. The van der Waals surface area contributed by atoms with E-state index in [9.17, 15) is 0 Å². The van der Waals surface area contributed by atoms with Crippen molar-refractivity contribution in [1.82, 2.24) is 20.2 Å². The van der Waals surface area contributed by atoms with Crippen molar-refractivity contribution in [2.75, 3.05) is 0 Å². The molecule has 0 fully saturated rings. The SMILES string of the molecule is Cc1nc(SCc2nnc(-c3ccccc3Cl)o2)c2c(C)c(C)sc2n1. The van der Waals surface area contributed by atoms with E-state index in [-0.39, 0.29) is 0 Å². The highest BCUT2D eigenvalue weighted by Crippen LogP contribution is 2.36. The van der Waals surface area contributed by atoms with Gasteiger partial charge in [0.1, 0.15) is 15.7 Å². The zero-order valence-corrected chi connectivity index (χ0v) is 16.8. The molecule has 0 atom stereocenters. The van der Waals surface area contributed by atoms with Crippen molar-refractivity contribution in [3.05, 3.63) is 51.4 Å². The Hall–Kier alpha value is -1.96. The van der Waals surface area contributed by atoms with Crippen molar-refractivity contribution in [2.24, 2.45) is 0 Å². The lowest BCUT2D eigenvalue weighted by Crippen LogP contribution is -1.92. The van der Waals surface area contributed by atoms with Crippen LogP contribution in [0.1, 0.15) is 22.2 Å². The molecule has 0 spiro atoms. The number of aromatic nitrogens is 4. The standard InChI is InChI=1S/C18H15ClN4OS2/c1-9-10(2)26-18-15(9)17(20-11(3)21-18)25-8-14-22-23-16(24-14)12-6-4-5-7-13(12)19/h4-7H,8H2,1-3H3. The molecule has 0 bridgehead atoms. The van der Waals surface area contributed by atoms with Crippen LogP contribution in [0, 0.1) is 20.8 Å². The number of nitrogens with zero attached hydrogens (tertiary/aromatic N) is 4. The van der Waals surface area contributed by atoms with E-state index < -0.39 is 0 Å². The maximum Gasteiger partial charge on any atom is 0.249 e. The number of fused-ring (bicyclic) bond motifs is 1. The van der Waals surface area contributed by atoms with E-state index in [1.54, 1.807) is 29.2 Å². The van der Waals surface area contributed by atoms with Gasteiger partial charge in [-0.3, -0.25) is 0 Å². The smallest absolute Gasteiger partial charge is 0.249 e. The summed E-state index contributed by atoms with van der Waals surface area (Å²) in [6.07, 6.45) is 0. The lowest BCUT2D eigenvalue weighted by atomic mass is 10.2. The van der Waals surface area contributed by atoms with Crippen LogP contribution >= 0.6 is 34.7 Å². The van der Waals surface area contributed by atoms with Gasteiger partial charge < -0.3 is 4.42 Å². The summed E-state index contributed by atoms with van der Waals surface area (Å²) in [5.41, 5.74) is 1.97. The Kier molecular flexibility index (Phi) is 4.69. The van der Waals surface area contributed by atoms with Crippen LogP contribution in [0.2, 0.25) is 5.02 Å². The molecule has 3 heterocycles. The van der Waals surface area contributed by atoms with Crippen molar-refractivity contribution in [2.45, 2.75) is 31.6 Å². The second kappa shape index (κ2) is 6.98. The summed E-state index contributed by atoms with van der Waals surface area (Å²) in [6, 6.07) is 7.42. The normalized spacial score (nSPS) is 11.4. The van der Waals surface area contributed by atoms with Crippen LogP contribution in [0.4, 0.5) is 0 Å². The molecule has 132 valence electrons. The Morgan fingerprint density at radius 1 is 1.12 bits per heavy atom. The fraction of sp³-hybridized carbons (Fsp3) is 0.222. The highest BCUT2D eigenvalue weighted by molar-refractivity contribution is 7.98. The van der Waals surface area contributed by atoms with Crippen LogP contribution in [0.15, 0.2) is 33.7 Å². The van der Waals surface area contributed by atoms with Gasteiger partial charge in [0.15, 0.2) is 0 Å². The molecule has 0 radical (unpaired) electrons. The van der Waals surface area contributed by atoms with Crippen LogP contribution in [-0.2, 0) is 5.75 Å². The summed E-state index contributed by atoms with van der Waals surface area (Å²) in [5.74, 6) is 2.28. The maximum absolute atomic E-state index is 6.19. The van der Waals surface area contributed by atoms with Crippen LogP contribution in [0.3, 0.4) is 0 Å². The summed E-state index contributed by atoms with van der Waals surface area (Å²) in [7, 11) is 0. The summed E-state index contributed by atoms with van der Waals surface area (Å²) in [4.78, 5) is 11.5. The van der Waals surface area contributed by atoms with Gasteiger partial charge in [-0.15, -0.1) is 21.5 Å². The average Bonchev–Trinajstić information content (AvgIpc) is 3.18. The number of halogens is 1. The molecule has 0 unspecified atom stereocenters. The van der Waals surface area contributed by atoms with Gasteiger partial charge in [0.2, 0.25) is 11.8 Å². The predicted molar refractivity (Wildman–Crippen MR) is 106 cm³/mol. The quantitative estimate of drug-likeness (QED) is 0.326. The minimum Gasteiger partial charge on any atom is -0.420 e. The molecule has 0 amide bonds. The van der Waals surface area contributed by atoms with Gasteiger partial charge in [-0.05, 0) is 38.5 Å². The van der Waals surface area contributed by atoms with E-state index >= 15 is 0 Å². The molecule has 26 heavy (non-hydrogen) atoms. The Labute approximate surface area is 163 Å². The first-order valence-corrected chi connectivity index (χ1v) is 10.2. The maximum atomic E-state index is 6.19. The summed E-state index contributed by atoms with van der Waals surface area (Å²) in [5, 5.41) is 10.9. The predicted octanol–water partition coefficient (Wildman–Crippen LogP) is 5.61. The van der Waals surface area contributed by atoms with Crippen molar-refractivity contribution < 1.29 is 4.42 Å². The van der Waals surface area contributed by atoms with Crippen molar-refractivity contribution in [1.29, 1.82) is 0 Å². The second-order valence-electron chi connectivity index (χ2n) is 5.81.